The third-order valence-corrected chi connectivity index (χ3v) is 4.51. The third kappa shape index (κ3) is 3.88. The Morgan fingerprint density at radius 1 is 0.567 bits per heavy atom. The largest absolute Gasteiger partial charge is 0.269 e. The second kappa shape index (κ2) is 7.88. The fraction of sp³-hybridized carbons (Fsp3) is 0. The highest BCUT2D eigenvalue weighted by Gasteiger charge is 2.13. The summed E-state index contributed by atoms with van der Waals surface area (Å²) in [5, 5.41) is 21.9. The zero-order chi connectivity index (χ0) is 21.1. The first-order valence-corrected chi connectivity index (χ1v) is 8.95. The quantitative estimate of drug-likeness (QED) is 0.333. The number of benzene rings is 3. The summed E-state index contributed by atoms with van der Waals surface area (Å²) in [7, 11) is 0. The smallest absolute Gasteiger partial charge is 0.258 e. The van der Waals surface area contributed by atoms with E-state index in [4.69, 9.17) is 0 Å². The Morgan fingerprint density at radius 2 is 1.00 bits per heavy atom. The molecule has 0 spiro atoms. The van der Waals surface area contributed by atoms with Gasteiger partial charge in [0.25, 0.3) is 11.4 Å². The monoisotopic (exact) mass is 398 g/mol. The minimum Gasteiger partial charge on any atom is -0.258 e. The molecule has 0 fully saturated rings. The van der Waals surface area contributed by atoms with Crippen LogP contribution in [0, 0.1) is 20.2 Å². The summed E-state index contributed by atoms with van der Waals surface area (Å²) in [6, 6.07) is 23.4. The summed E-state index contributed by atoms with van der Waals surface area (Å²) >= 11 is 0. The Labute approximate surface area is 170 Å². The highest BCUT2D eigenvalue weighted by atomic mass is 16.6. The molecule has 0 saturated heterocycles. The normalized spacial score (nSPS) is 10.5. The summed E-state index contributed by atoms with van der Waals surface area (Å²) in [5.41, 5.74) is 3.37. The van der Waals surface area contributed by atoms with Gasteiger partial charge in [0.2, 0.25) is 0 Å². The molecule has 0 aliphatic carbocycles. The number of nitrogens with zero attached hydrogens (tertiary/aromatic N) is 4. The van der Waals surface area contributed by atoms with E-state index >= 15 is 0 Å². The number of aromatic nitrogens is 2. The van der Waals surface area contributed by atoms with Crippen LogP contribution in [-0.4, -0.2) is 19.8 Å². The average Bonchev–Trinajstić information content (AvgIpc) is 2.79. The van der Waals surface area contributed by atoms with Crippen LogP contribution in [0.1, 0.15) is 0 Å². The number of hydrogen-bond donors (Lipinski definition) is 0. The van der Waals surface area contributed by atoms with Crippen LogP contribution in [0.3, 0.4) is 0 Å². The van der Waals surface area contributed by atoms with Gasteiger partial charge in [-0.2, -0.15) is 0 Å². The molecular formula is C22H14N4O4. The first-order valence-electron chi connectivity index (χ1n) is 8.95. The van der Waals surface area contributed by atoms with E-state index in [0.717, 1.165) is 5.56 Å². The number of rotatable bonds is 5. The first kappa shape index (κ1) is 18.9. The van der Waals surface area contributed by atoms with Gasteiger partial charge in [0.05, 0.1) is 21.2 Å². The fourth-order valence-corrected chi connectivity index (χ4v) is 2.97. The van der Waals surface area contributed by atoms with Gasteiger partial charge in [-0.15, -0.1) is 0 Å². The fourth-order valence-electron chi connectivity index (χ4n) is 2.97. The Hall–Kier alpha value is -4.46. The molecule has 0 saturated carbocycles. The molecule has 0 radical (unpaired) electrons. The Morgan fingerprint density at radius 3 is 1.40 bits per heavy atom. The van der Waals surface area contributed by atoms with Gasteiger partial charge in [0.15, 0.2) is 5.82 Å². The van der Waals surface area contributed by atoms with E-state index in [1.54, 1.807) is 30.3 Å². The number of non-ortho nitro benzene ring substituents is 2. The van der Waals surface area contributed by atoms with E-state index in [1.807, 2.05) is 30.3 Å². The Bertz CT molecular complexity index is 1150. The minimum atomic E-state index is -0.457. The van der Waals surface area contributed by atoms with Crippen LogP contribution < -0.4 is 0 Å². The molecule has 0 aliphatic rings. The lowest BCUT2D eigenvalue weighted by Crippen LogP contribution is -1.96. The third-order valence-electron chi connectivity index (χ3n) is 4.51. The second-order valence-corrected chi connectivity index (χ2v) is 6.44. The van der Waals surface area contributed by atoms with E-state index in [9.17, 15) is 20.2 Å². The molecule has 146 valence electrons. The maximum Gasteiger partial charge on any atom is 0.269 e. The van der Waals surface area contributed by atoms with Gasteiger partial charge < -0.3 is 0 Å². The van der Waals surface area contributed by atoms with Crippen LogP contribution in [0.2, 0.25) is 0 Å². The van der Waals surface area contributed by atoms with Gasteiger partial charge in [-0.05, 0) is 30.3 Å². The SMILES string of the molecule is O=[N+]([O-])c1ccc(-c2cc(-c3ccc([N+](=O)[O-])cc3)nc(-c3ccccc3)n2)cc1. The van der Waals surface area contributed by atoms with E-state index < -0.39 is 9.85 Å². The van der Waals surface area contributed by atoms with E-state index in [1.165, 1.54) is 24.3 Å². The summed E-state index contributed by atoms with van der Waals surface area (Å²) < 4.78 is 0. The average molecular weight is 398 g/mol. The van der Waals surface area contributed by atoms with E-state index in [0.29, 0.717) is 28.3 Å². The van der Waals surface area contributed by atoms with Crippen molar-refractivity contribution >= 4 is 11.4 Å². The van der Waals surface area contributed by atoms with Gasteiger partial charge in [0, 0.05) is 41.0 Å². The summed E-state index contributed by atoms with van der Waals surface area (Å²) in [6.07, 6.45) is 0. The lowest BCUT2D eigenvalue weighted by Gasteiger charge is -2.09. The molecule has 8 heteroatoms. The van der Waals surface area contributed by atoms with Gasteiger partial charge in [-0.1, -0.05) is 30.3 Å². The van der Waals surface area contributed by atoms with Gasteiger partial charge in [0.1, 0.15) is 0 Å². The summed E-state index contributed by atoms with van der Waals surface area (Å²) in [4.78, 5) is 30.2. The maximum absolute atomic E-state index is 10.9. The van der Waals surface area contributed by atoms with Crippen molar-refractivity contribution in [2.24, 2.45) is 0 Å². The van der Waals surface area contributed by atoms with Crippen molar-refractivity contribution in [3.63, 3.8) is 0 Å². The van der Waals surface area contributed by atoms with Crippen LogP contribution in [0.5, 0.6) is 0 Å². The van der Waals surface area contributed by atoms with Crippen molar-refractivity contribution in [2.75, 3.05) is 0 Å². The molecule has 1 aromatic heterocycles. The number of hydrogen-bond acceptors (Lipinski definition) is 6. The van der Waals surface area contributed by atoms with Gasteiger partial charge in [-0.25, -0.2) is 9.97 Å². The molecule has 30 heavy (non-hydrogen) atoms. The lowest BCUT2D eigenvalue weighted by molar-refractivity contribution is -0.385. The minimum absolute atomic E-state index is 0.00770. The molecule has 4 aromatic rings. The molecule has 0 unspecified atom stereocenters. The molecule has 0 atom stereocenters. The molecule has 0 bridgehead atoms. The molecule has 3 aromatic carbocycles. The molecule has 0 aliphatic heterocycles. The highest BCUT2D eigenvalue weighted by Crippen LogP contribution is 2.29. The first-order chi connectivity index (χ1) is 14.5. The standard InChI is InChI=1S/C22H14N4O4/c27-25(28)18-10-6-15(7-11-18)20-14-21(16-8-12-19(13-9-16)26(29)30)24-22(23-20)17-4-2-1-3-5-17/h1-14H. The molecule has 4 rings (SSSR count). The van der Waals surface area contributed by atoms with Crippen LogP contribution in [-0.2, 0) is 0 Å². The number of nitro benzene ring substituents is 2. The summed E-state index contributed by atoms with van der Waals surface area (Å²) in [5.74, 6) is 0.486. The van der Waals surface area contributed by atoms with E-state index in [2.05, 4.69) is 9.97 Å². The van der Waals surface area contributed by atoms with Gasteiger partial charge in [-0.3, -0.25) is 20.2 Å². The number of nitro groups is 2. The van der Waals surface area contributed by atoms with Crippen molar-refractivity contribution in [1.82, 2.24) is 9.97 Å². The predicted molar refractivity (Wildman–Crippen MR) is 112 cm³/mol. The highest BCUT2D eigenvalue weighted by molar-refractivity contribution is 5.72. The van der Waals surface area contributed by atoms with Crippen molar-refractivity contribution in [1.29, 1.82) is 0 Å². The van der Waals surface area contributed by atoms with E-state index in [-0.39, 0.29) is 11.4 Å². The molecule has 0 N–H and O–H groups in total. The van der Waals surface area contributed by atoms with Crippen molar-refractivity contribution in [3.05, 3.63) is 105 Å². The maximum atomic E-state index is 10.9. The Kier molecular flexibility index (Phi) is 4.96. The van der Waals surface area contributed by atoms with Crippen molar-refractivity contribution < 1.29 is 9.85 Å². The lowest BCUT2D eigenvalue weighted by atomic mass is 10.1. The van der Waals surface area contributed by atoms with Crippen LogP contribution in [0.15, 0.2) is 84.9 Å². The van der Waals surface area contributed by atoms with Crippen LogP contribution in [0.25, 0.3) is 33.9 Å². The molecule has 1 heterocycles. The Balaban J connectivity index is 1.84. The zero-order valence-electron chi connectivity index (χ0n) is 15.5. The second-order valence-electron chi connectivity index (χ2n) is 6.44. The van der Waals surface area contributed by atoms with Crippen molar-refractivity contribution in [3.8, 4) is 33.9 Å². The van der Waals surface area contributed by atoms with Crippen LogP contribution in [0.4, 0.5) is 11.4 Å². The predicted octanol–water partition coefficient (Wildman–Crippen LogP) is 5.29. The molecule has 0 amide bonds. The topological polar surface area (TPSA) is 112 Å². The van der Waals surface area contributed by atoms with Crippen molar-refractivity contribution in [2.45, 2.75) is 0 Å². The molecular weight excluding hydrogens is 384 g/mol. The van der Waals surface area contributed by atoms with Gasteiger partial charge >= 0.3 is 0 Å². The van der Waals surface area contributed by atoms with Crippen LogP contribution >= 0.6 is 0 Å². The summed E-state index contributed by atoms with van der Waals surface area (Å²) in [6.45, 7) is 0. The molecule has 8 nitrogen and oxygen atoms in total. The zero-order valence-corrected chi connectivity index (χ0v) is 15.5.